The molecule has 10 heteroatoms. The van der Waals surface area contributed by atoms with E-state index in [1.165, 1.54) is 12.1 Å². The van der Waals surface area contributed by atoms with E-state index in [1.54, 1.807) is 18.2 Å². The number of hydrogen-bond donors (Lipinski definition) is 5. The maximum atomic E-state index is 12.5. The number of aliphatic hydroxyl groups excluding tert-OH is 1. The number of aliphatic hydroxyl groups is 1. The van der Waals surface area contributed by atoms with Crippen LogP contribution in [0.2, 0.25) is 0 Å². The average Bonchev–Trinajstić information content (AvgIpc) is 3.07. The number of nitrogen functional groups attached to an aromatic ring is 2. The molecule has 5 aromatic carbocycles. The van der Waals surface area contributed by atoms with Crippen molar-refractivity contribution in [2.75, 3.05) is 56.1 Å². The molecule has 0 spiro atoms. The molecule has 50 heavy (non-hydrogen) atoms. The molecule has 0 aromatic heterocycles. The number of nitrogens with zero attached hydrogens (tertiary/aromatic N) is 5. The number of hydrogen-bond acceptors (Lipinski definition) is 8. The first kappa shape index (κ1) is 30.4. The van der Waals surface area contributed by atoms with Gasteiger partial charge >= 0.3 is 0 Å². The van der Waals surface area contributed by atoms with Crippen molar-refractivity contribution in [3.63, 3.8) is 0 Å². The van der Waals surface area contributed by atoms with Crippen LogP contribution in [0.25, 0.3) is 37.5 Å². The Labute approximate surface area is 288 Å². The summed E-state index contributed by atoms with van der Waals surface area (Å²) in [6.45, 7) is 8.74. The first-order chi connectivity index (χ1) is 24.0. The molecule has 5 aromatic rings. The van der Waals surface area contributed by atoms with Crippen molar-refractivity contribution in [1.82, 2.24) is 0 Å². The summed E-state index contributed by atoms with van der Waals surface area (Å²) in [5.41, 5.74) is 20.2. The van der Waals surface area contributed by atoms with E-state index >= 15 is 0 Å². The van der Waals surface area contributed by atoms with Gasteiger partial charge < -0.3 is 36.6 Å². The number of anilines is 4. The van der Waals surface area contributed by atoms with Crippen molar-refractivity contribution < 1.29 is 19.9 Å². The topological polar surface area (TPSA) is 150 Å². The van der Waals surface area contributed by atoms with E-state index in [4.69, 9.17) is 18.0 Å². The minimum absolute atomic E-state index is 0.0910. The Morgan fingerprint density at radius 3 is 2.00 bits per heavy atom. The van der Waals surface area contributed by atoms with E-state index in [1.807, 2.05) is 69.2 Å². The van der Waals surface area contributed by atoms with Gasteiger partial charge in [-0.1, -0.05) is 24.3 Å². The Bertz CT molecular complexity index is 2570. The summed E-state index contributed by atoms with van der Waals surface area (Å²) in [6, 6.07) is 21.7. The first-order valence-electron chi connectivity index (χ1n) is 15.9. The van der Waals surface area contributed by atoms with E-state index in [0.717, 1.165) is 27.9 Å². The highest BCUT2D eigenvalue weighted by atomic mass is 16.3. The van der Waals surface area contributed by atoms with Crippen LogP contribution in [0, 0.1) is 17.9 Å². The fraction of sp³-hybridized carbons (Fsp3) is 0.125. The van der Waals surface area contributed by atoms with Gasteiger partial charge in [0.2, 0.25) is 5.71 Å². The third-order valence-corrected chi connectivity index (χ3v) is 9.99. The molecule has 1 heterocycles. The summed E-state index contributed by atoms with van der Waals surface area (Å²) >= 11 is 0. The first-order valence-corrected chi connectivity index (χ1v) is 15.9. The lowest BCUT2D eigenvalue weighted by Gasteiger charge is -2.39. The Morgan fingerprint density at radius 2 is 1.40 bits per heavy atom. The zero-order chi connectivity index (χ0) is 35.3. The number of nitrogens with two attached hydrogens (primary N) is 2. The van der Waals surface area contributed by atoms with Crippen LogP contribution in [0.5, 0.6) is 11.5 Å². The van der Waals surface area contributed by atoms with Gasteiger partial charge in [-0.05, 0) is 42.5 Å². The number of rotatable bonds is 1. The smallest absolute Gasteiger partial charge is 0.270 e. The highest BCUT2D eigenvalue weighted by molar-refractivity contribution is 6.30. The average molecular weight is 659 g/mol. The van der Waals surface area contributed by atoms with Crippen LogP contribution in [0.1, 0.15) is 27.8 Å². The molecule has 0 unspecified atom stereocenters. The number of phenols is 2. The highest BCUT2D eigenvalue weighted by Gasteiger charge is 2.44. The molecule has 0 bridgehead atoms. The Hall–Kier alpha value is -6.91. The largest absolute Gasteiger partial charge is 0.507 e. The standard InChI is InChI=1S/C40H31N7O3/c1-44-24(17-41)32-36(34-28-19(9-6-12-22(28)42)39-33-25(46(4)18-47(39)5)16-15-23(43)31(33)34)40(50)37(32)35-29-20(10-7-13-26(29)48)38(45(2)3)21-11-8-14-27(49)30(21)35/h6-16H,18,42-43H2,2-5H3,(H2-,48,49,50)/p+1/b32-24-. The zero-order valence-electron chi connectivity index (χ0n) is 27.8. The summed E-state index contributed by atoms with van der Waals surface area (Å²) in [5.74, 6) is -0.399. The molecule has 0 amide bonds. The Kier molecular flexibility index (Phi) is 6.42. The van der Waals surface area contributed by atoms with Crippen LogP contribution in [0.15, 0.2) is 89.3 Å². The molecule has 0 atom stereocenters. The second kappa shape index (κ2) is 10.5. The summed E-state index contributed by atoms with van der Waals surface area (Å²) in [7, 11) is 7.73. The number of allylic oxidation sites excluding steroid dienone is 3. The van der Waals surface area contributed by atoms with Gasteiger partial charge in [-0.15, -0.1) is 0 Å². The van der Waals surface area contributed by atoms with E-state index in [0.29, 0.717) is 62.2 Å². The number of aromatic hydroxyl groups is 2. The van der Waals surface area contributed by atoms with Gasteiger partial charge in [-0.25, -0.2) is 14.7 Å². The summed E-state index contributed by atoms with van der Waals surface area (Å²) in [5, 5.41) is 48.9. The maximum absolute atomic E-state index is 12.5. The summed E-state index contributed by atoms with van der Waals surface area (Å²) in [6.07, 6.45) is 0. The molecular weight excluding hydrogens is 626 g/mol. The molecule has 0 radical (unpaired) electrons. The molecule has 2 aliphatic carbocycles. The van der Waals surface area contributed by atoms with Crippen LogP contribution in [-0.2, 0) is 0 Å². The van der Waals surface area contributed by atoms with Crippen molar-refractivity contribution in [3.8, 4) is 17.6 Å². The normalized spacial score (nSPS) is 15.8. The van der Waals surface area contributed by atoms with Gasteiger partial charge in [0.05, 0.1) is 36.1 Å². The van der Waals surface area contributed by atoms with Crippen molar-refractivity contribution in [1.29, 1.82) is 5.26 Å². The molecule has 0 saturated carbocycles. The monoisotopic (exact) mass is 658 g/mol. The number of phenolic OH excluding ortho intramolecular Hbond substituents is 2. The Morgan fingerprint density at radius 1 is 0.780 bits per heavy atom. The molecule has 0 saturated heterocycles. The third kappa shape index (κ3) is 3.79. The lowest BCUT2D eigenvalue weighted by Crippen LogP contribution is -2.36. The van der Waals surface area contributed by atoms with Gasteiger partial charge in [-0.2, -0.15) is 0 Å². The number of benzene rings is 5. The maximum Gasteiger partial charge on any atom is 0.270 e. The number of nitriles is 1. The molecule has 0 fully saturated rings. The predicted octanol–water partition coefficient (Wildman–Crippen LogP) is 6.32. The summed E-state index contributed by atoms with van der Waals surface area (Å²) < 4.78 is 1.90. The van der Waals surface area contributed by atoms with Gasteiger partial charge in [-0.3, -0.25) is 0 Å². The molecule has 7 N–H and O–H groups in total. The molecule has 244 valence electrons. The minimum atomic E-state index is -0.271. The molecular formula is C40H32N7O3+. The number of fused-ring (bicyclic) bond motifs is 4. The van der Waals surface area contributed by atoms with Crippen LogP contribution >= 0.6 is 0 Å². The van der Waals surface area contributed by atoms with Crippen LogP contribution in [0.3, 0.4) is 0 Å². The molecule has 10 nitrogen and oxygen atoms in total. The predicted molar refractivity (Wildman–Crippen MR) is 198 cm³/mol. The van der Waals surface area contributed by atoms with Gasteiger partial charge in [0.25, 0.3) is 5.70 Å². The van der Waals surface area contributed by atoms with E-state index in [-0.39, 0.29) is 39.7 Å². The summed E-state index contributed by atoms with van der Waals surface area (Å²) in [4.78, 5) is 7.88. The SMILES string of the molecule is [C-]#[N+]/C(C#N)=C1\C(=C2c3c(O)cccc3C(=[N+](C)C)c3cccc(O)c32)C(O)=C1c1c2c(N)cccc2c2c3c(ccc(N)c13)N(C)CN2C. The minimum Gasteiger partial charge on any atom is -0.507 e. The van der Waals surface area contributed by atoms with E-state index < -0.39 is 0 Å². The third-order valence-electron chi connectivity index (χ3n) is 9.99. The lowest BCUT2D eigenvalue weighted by molar-refractivity contribution is -0.463. The van der Waals surface area contributed by atoms with Crippen LogP contribution in [0.4, 0.5) is 22.7 Å². The lowest BCUT2D eigenvalue weighted by atomic mass is 9.68. The Balaban J connectivity index is 1.62. The quantitative estimate of drug-likeness (QED) is 0.0453. The zero-order valence-corrected chi connectivity index (χ0v) is 27.8. The van der Waals surface area contributed by atoms with E-state index in [9.17, 15) is 20.6 Å². The molecule has 8 rings (SSSR count). The second-order valence-corrected chi connectivity index (χ2v) is 13.0. The highest BCUT2D eigenvalue weighted by Crippen LogP contribution is 2.59. The van der Waals surface area contributed by atoms with Gasteiger partial charge in [0.1, 0.15) is 31.4 Å². The molecule has 1 aliphatic heterocycles. The van der Waals surface area contributed by atoms with Crippen molar-refractivity contribution in [3.05, 3.63) is 129 Å². The fourth-order valence-electron chi connectivity index (χ4n) is 8.14. The second-order valence-electron chi connectivity index (χ2n) is 13.0. The fourth-order valence-corrected chi connectivity index (χ4v) is 8.14. The van der Waals surface area contributed by atoms with Crippen molar-refractivity contribution in [2.45, 2.75) is 0 Å². The van der Waals surface area contributed by atoms with Crippen molar-refractivity contribution >= 4 is 61.2 Å². The van der Waals surface area contributed by atoms with Crippen molar-refractivity contribution in [2.24, 2.45) is 0 Å². The van der Waals surface area contributed by atoms with Crippen LogP contribution in [-0.4, -0.2) is 60.5 Å². The molecule has 3 aliphatic rings. The van der Waals surface area contributed by atoms with Crippen LogP contribution < -0.4 is 21.3 Å². The van der Waals surface area contributed by atoms with Gasteiger partial charge in [0.15, 0.2) is 0 Å². The van der Waals surface area contributed by atoms with Gasteiger partial charge in [0, 0.05) is 91.7 Å². The van der Waals surface area contributed by atoms with E-state index in [2.05, 4.69) is 20.7 Å².